The van der Waals surface area contributed by atoms with Gasteiger partial charge in [-0.1, -0.05) is 30.3 Å². The molecule has 0 atom stereocenters. The monoisotopic (exact) mass is 337 g/mol. The molecule has 0 aliphatic rings. The Kier molecular flexibility index (Phi) is 5.26. The molecular weight excluding hydrogens is 318 g/mol. The summed E-state index contributed by atoms with van der Waals surface area (Å²) in [6.45, 7) is 2.67. The van der Waals surface area contributed by atoms with E-state index in [2.05, 4.69) is 20.8 Å². The second-order valence-corrected chi connectivity index (χ2v) is 5.19. The molecule has 128 valence electrons. The van der Waals surface area contributed by atoms with Crippen LogP contribution in [0.3, 0.4) is 0 Å². The van der Waals surface area contributed by atoms with Gasteiger partial charge >= 0.3 is 6.03 Å². The van der Waals surface area contributed by atoms with E-state index in [9.17, 15) is 4.79 Å². The van der Waals surface area contributed by atoms with Crippen molar-refractivity contribution >= 4 is 11.7 Å². The molecule has 0 fully saturated rings. The van der Waals surface area contributed by atoms with Crippen LogP contribution in [0, 0.1) is 0 Å². The van der Waals surface area contributed by atoms with Crippen molar-refractivity contribution in [3.05, 3.63) is 66.7 Å². The van der Waals surface area contributed by atoms with E-state index in [0.29, 0.717) is 23.9 Å². The van der Waals surface area contributed by atoms with Gasteiger partial charge in [0.15, 0.2) is 5.82 Å². The quantitative estimate of drug-likeness (QED) is 0.724. The maximum atomic E-state index is 12.2. The molecule has 0 aliphatic carbocycles. The molecule has 2 N–H and O–H groups in total. The number of rotatable bonds is 6. The largest absolute Gasteiger partial charge is 0.492 e. The fraction of sp³-hybridized carbons (Fsp3) is 0.167. The minimum atomic E-state index is -0.338. The van der Waals surface area contributed by atoms with E-state index in [1.807, 2.05) is 60.0 Å². The molecule has 1 aromatic heterocycles. The summed E-state index contributed by atoms with van der Waals surface area (Å²) in [6, 6.07) is 16.7. The van der Waals surface area contributed by atoms with E-state index in [-0.39, 0.29) is 12.6 Å². The molecule has 0 bridgehead atoms. The Morgan fingerprint density at radius 1 is 1.12 bits per heavy atom. The second kappa shape index (κ2) is 7.96. The Labute approximate surface area is 145 Å². The molecule has 1 heterocycles. The number of aromatic nitrogens is 3. The fourth-order valence-electron chi connectivity index (χ4n) is 2.36. The first-order valence-corrected chi connectivity index (χ1v) is 7.99. The number of urea groups is 1. The van der Waals surface area contributed by atoms with Gasteiger partial charge in [-0.05, 0) is 31.2 Å². The van der Waals surface area contributed by atoms with E-state index in [1.165, 1.54) is 0 Å². The summed E-state index contributed by atoms with van der Waals surface area (Å²) >= 11 is 0. The van der Waals surface area contributed by atoms with E-state index in [0.717, 1.165) is 5.69 Å². The zero-order valence-corrected chi connectivity index (χ0v) is 13.8. The Bertz CT molecular complexity index is 832. The lowest BCUT2D eigenvalue weighted by Crippen LogP contribution is -2.29. The highest BCUT2D eigenvalue weighted by molar-refractivity contribution is 5.90. The minimum absolute atomic E-state index is 0.248. The highest BCUT2D eigenvalue weighted by Crippen LogP contribution is 2.23. The van der Waals surface area contributed by atoms with Crippen molar-refractivity contribution < 1.29 is 9.53 Å². The van der Waals surface area contributed by atoms with Gasteiger partial charge in [0.25, 0.3) is 0 Å². The van der Waals surface area contributed by atoms with Crippen molar-refractivity contribution in [3.8, 4) is 11.4 Å². The predicted molar refractivity (Wildman–Crippen MR) is 94.8 cm³/mol. The van der Waals surface area contributed by atoms with Gasteiger partial charge in [0, 0.05) is 5.69 Å². The van der Waals surface area contributed by atoms with Crippen LogP contribution >= 0.6 is 0 Å². The summed E-state index contributed by atoms with van der Waals surface area (Å²) in [5.74, 6) is 1.27. The van der Waals surface area contributed by atoms with E-state index in [4.69, 9.17) is 4.74 Å². The van der Waals surface area contributed by atoms with E-state index < -0.39 is 0 Å². The molecule has 0 unspecified atom stereocenters. The van der Waals surface area contributed by atoms with Gasteiger partial charge in [-0.2, -0.15) is 0 Å². The van der Waals surface area contributed by atoms with Gasteiger partial charge in [0.2, 0.25) is 0 Å². The molecule has 0 radical (unpaired) electrons. The first-order chi connectivity index (χ1) is 12.3. The lowest BCUT2D eigenvalue weighted by Gasteiger charge is -2.12. The number of amides is 2. The van der Waals surface area contributed by atoms with Crippen LogP contribution in [0.4, 0.5) is 10.5 Å². The molecule has 3 aromatic rings. The fourth-order valence-corrected chi connectivity index (χ4v) is 2.36. The first-order valence-electron chi connectivity index (χ1n) is 7.99. The molecule has 7 nitrogen and oxygen atoms in total. The smallest absolute Gasteiger partial charge is 0.319 e. The van der Waals surface area contributed by atoms with Crippen molar-refractivity contribution in [3.63, 3.8) is 0 Å². The van der Waals surface area contributed by atoms with Crippen LogP contribution < -0.4 is 15.4 Å². The van der Waals surface area contributed by atoms with Crippen LogP contribution in [0.5, 0.6) is 5.75 Å². The Morgan fingerprint density at radius 3 is 2.68 bits per heavy atom. The van der Waals surface area contributed by atoms with Crippen LogP contribution in [0.15, 0.2) is 60.9 Å². The Hall–Kier alpha value is -3.35. The average molecular weight is 337 g/mol. The SMILES string of the molecule is CCOc1ccccc1NC(=O)NCc1nncn1-c1ccccc1. The molecule has 0 saturated carbocycles. The van der Waals surface area contributed by atoms with Gasteiger partial charge in [0.1, 0.15) is 12.1 Å². The summed E-state index contributed by atoms with van der Waals surface area (Å²) in [7, 11) is 0. The molecule has 2 amide bonds. The van der Waals surface area contributed by atoms with Crippen LogP contribution in [0.1, 0.15) is 12.7 Å². The zero-order chi connectivity index (χ0) is 17.5. The number of nitrogens with one attached hydrogen (secondary N) is 2. The van der Waals surface area contributed by atoms with Gasteiger partial charge in [-0.3, -0.25) is 4.57 Å². The molecule has 2 aromatic carbocycles. The standard InChI is InChI=1S/C18H19N5O2/c1-2-25-16-11-7-6-10-15(16)21-18(24)19-12-17-22-20-13-23(17)14-8-4-3-5-9-14/h3-11,13H,2,12H2,1H3,(H2,19,21,24). The minimum Gasteiger partial charge on any atom is -0.492 e. The number of nitrogens with zero attached hydrogens (tertiary/aromatic N) is 3. The maximum absolute atomic E-state index is 12.2. The highest BCUT2D eigenvalue weighted by atomic mass is 16.5. The maximum Gasteiger partial charge on any atom is 0.319 e. The van der Waals surface area contributed by atoms with Crippen molar-refractivity contribution in [2.75, 3.05) is 11.9 Å². The number of benzene rings is 2. The number of hydrogen-bond acceptors (Lipinski definition) is 4. The molecule has 0 spiro atoms. The molecule has 3 rings (SSSR count). The number of anilines is 1. The third kappa shape index (κ3) is 4.14. The van der Waals surface area contributed by atoms with Crippen LogP contribution in [0.25, 0.3) is 5.69 Å². The summed E-state index contributed by atoms with van der Waals surface area (Å²) in [5, 5.41) is 13.6. The van der Waals surface area contributed by atoms with Gasteiger partial charge < -0.3 is 15.4 Å². The third-order valence-corrected chi connectivity index (χ3v) is 3.49. The number of hydrogen-bond donors (Lipinski definition) is 2. The van der Waals surface area contributed by atoms with E-state index in [1.54, 1.807) is 12.4 Å². The lowest BCUT2D eigenvalue weighted by molar-refractivity contribution is 0.251. The summed E-state index contributed by atoms with van der Waals surface area (Å²) in [5.41, 5.74) is 1.55. The van der Waals surface area contributed by atoms with Crippen LogP contribution in [0.2, 0.25) is 0 Å². The van der Waals surface area contributed by atoms with Crippen molar-refractivity contribution in [2.24, 2.45) is 0 Å². The van der Waals surface area contributed by atoms with Gasteiger partial charge in [-0.15, -0.1) is 10.2 Å². The van der Waals surface area contributed by atoms with Crippen molar-refractivity contribution in [2.45, 2.75) is 13.5 Å². The van der Waals surface area contributed by atoms with E-state index >= 15 is 0 Å². The normalized spacial score (nSPS) is 10.3. The molecule has 0 saturated heterocycles. The van der Waals surface area contributed by atoms with Crippen molar-refractivity contribution in [1.82, 2.24) is 20.1 Å². The molecular formula is C18H19N5O2. The van der Waals surface area contributed by atoms with Gasteiger partial charge in [0.05, 0.1) is 18.8 Å². The number of ether oxygens (including phenoxy) is 1. The van der Waals surface area contributed by atoms with Crippen molar-refractivity contribution in [1.29, 1.82) is 0 Å². The Balaban J connectivity index is 1.63. The lowest BCUT2D eigenvalue weighted by atomic mass is 10.3. The number of para-hydroxylation sites is 3. The highest BCUT2D eigenvalue weighted by Gasteiger charge is 2.10. The number of carbonyl (C=O) groups is 1. The topological polar surface area (TPSA) is 81.1 Å². The summed E-state index contributed by atoms with van der Waals surface area (Å²) < 4.78 is 7.32. The number of carbonyl (C=O) groups excluding carboxylic acids is 1. The first kappa shape index (κ1) is 16.5. The molecule has 25 heavy (non-hydrogen) atoms. The average Bonchev–Trinajstić information content (AvgIpc) is 3.11. The third-order valence-electron chi connectivity index (χ3n) is 3.49. The molecule has 0 aliphatic heterocycles. The summed E-state index contributed by atoms with van der Waals surface area (Å²) in [6.07, 6.45) is 1.62. The summed E-state index contributed by atoms with van der Waals surface area (Å²) in [4.78, 5) is 12.2. The molecule has 7 heteroatoms. The zero-order valence-electron chi connectivity index (χ0n) is 13.8. The second-order valence-electron chi connectivity index (χ2n) is 5.19. The Morgan fingerprint density at radius 2 is 1.88 bits per heavy atom. The predicted octanol–water partition coefficient (Wildman–Crippen LogP) is 2.99. The van der Waals surface area contributed by atoms with Gasteiger partial charge in [-0.25, -0.2) is 4.79 Å². The van der Waals surface area contributed by atoms with Crippen LogP contribution in [-0.2, 0) is 6.54 Å². The van der Waals surface area contributed by atoms with Crippen LogP contribution in [-0.4, -0.2) is 27.4 Å².